The zero-order valence-corrected chi connectivity index (χ0v) is 19.4. The predicted octanol–water partition coefficient (Wildman–Crippen LogP) is 7.22. The van der Waals surface area contributed by atoms with E-state index in [1.807, 2.05) is 41.0 Å². The number of benzene rings is 3. The summed E-state index contributed by atoms with van der Waals surface area (Å²) in [6.45, 7) is 0. The van der Waals surface area contributed by atoms with Gasteiger partial charge < -0.3 is 15.3 Å². The monoisotopic (exact) mass is 471 g/mol. The molecule has 33 heavy (non-hydrogen) atoms. The number of aromatic nitrogens is 4. The quantitative estimate of drug-likeness (QED) is 0.242. The summed E-state index contributed by atoms with van der Waals surface area (Å²) in [5.74, 6) is 0.875. The fourth-order valence-corrected chi connectivity index (χ4v) is 5.36. The van der Waals surface area contributed by atoms with E-state index in [0.717, 1.165) is 53.1 Å². The Balaban J connectivity index is 1.53. The molecule has 1 aliphatic rings. The molecule has 2 heterocycles. The van der Waals surface area contributed by atoms with Crippen molar-refractivity contribution in [1.29, 1.82) is 0 Å². The van der Waals surface area contributed by atoms with Crippen molar-refractivity contribution in [3.8, 4) is 16.9 Å². The number of aromatic amines is 2. The van der Waals surface area contributed by atoms with Crippen molar-refractivity contribution in [2.45, 2.75) is 25.3 Å². The van der Waals surface area contributed by atoms with Crippen LogP contribution in [-0.4, -0.2) is 19.5 Å². The third-order valence-corrected chi connectivity index (χ3v) is 6.99. The van der Waals surface area contributed by atoms with Crippen LogP contribution in [0, 0.1) is 4.77 Å². The Morgan fingerprint density at radius 2 is 1.91 bits per heavy atom. The fourth-order valence-electron chi connectivity index (χ4n) is 4.84. The number of halogens is 1. The fraction of sp³-hybridized carbons (Fsp3) is 0.154. The van der Waals surface area contributed by atoms with Crippen molar-refractivity contribution in [2.75, 3.05) is 5.32 Å². The summed E-state index contributed by atoms with van der Waals surface area (Å²) in [5, 5.41) is 4.45. The molecule has 164 valence electrons. The maximum atomic E-state index is 6.70. The largest absolute Gasteiger partial charge is 0.363 e. The van der Waals surface area contributed by atoms with Gasteiger partial charge in [0.1, 0.15) is 5.82 Å². The first-order chi connectivity index (χ1) is 16.2. The molecule has 5 aromatic rings. The first-order valence-electron chi connectivity index (χ1n) is 11.1. The number of hydrogen-bond acceptors (Lipinski definition) is 3. The number of anilines is 1. The second-order valence-corrected chi connectivity index (χ2v) is 9.15. The van der Waals surface area contributed by atoms with Crippen molar-refractivity contribution in [3.63, 3.8) is 0 Å². The van der Waals surface area contributed by atoms with Crippen molar-refractivity contribution < 1.29 is 0 Å². The summed E-state index contributed by atoms with van der Waals surface area (Å²) in [4.78, 5) is 11.0. The lowest BCUT2D eigenvalue weighted by atomic mass is 9.87. The predicted molar refractivity (Wildman–Crippen MR) is 137 cm³/mol. The van der Waals surface area contributed by atoms with E-state index in [1.54, 1.807) is 6.33 Å². The van der Waals surface area contributed by atoms with Gasteiger partial charge in [-0.1, -0.05) is 54.1 Å². The van der Waals surface area contributed by atoms with Crippen LogP contribution in [-0.2, 0) is 6.42 Å². The third-order valence-electron chi connectivity index (χ3n) is 6.37. The summed E-state index contributed by atoms with van der Waals surface area (Å²) >= 11 is 12.5. The van der Waals surface area contributed by atoms with Gasteiger partial charge in [0, 0.05) is 5.56 Å². The molecule has 1 aliphatic carbocycles. The molecule has 1 unspecified atom stereocenters. The van der Waals surface area contributed by atoms with Crippen LogP contribution in [0.1, 0.15) is 30.0 Å². The lowest BCUT2D eigenvalue weighted by Gasteiger charge is -2.27. The van der Waals surface area contributed by atoms with Crippen LogP contribution in [0.5, 0.6) is 0 Å². The molecule has 0 bridgehead atoms. The lowest BCUT2D eigenvalue weighted by Crippen LogP contribution is -2.18. The van der Waals surface area contributed by atoms with Crippen molar-refractivity contribution in [2.24, 2.45) is 0 Å². The summed E-state index contributed by atoms with van der Waals surface area (Å²) in [6, 6.07) is 22.9. The second kappa shape index (κ2) is 8.21. The highest BCUT2D eigenvalue weighted by molar-refractivity contribution is 7.71. The van der Waals surface area contributed by atoms with Crippen molar-refractivity contribution in [3.05, 3.63) is 94.0 Å². The van der Waals surface area contributed by atoms with E-state index in [1.165, 1.54) is 11.1 Å². The van der Waals surface area contributed by atoms with Crippen LogP contribution in [0.2, 0.25) is 5.02 Å². The van der Waals surface area contributed by atoms with Gasteiger partial charge >= 0.3 is 0 Å². The van der Waals surface area contributed by atoms with E-state index in [4.69, 9.17) is 23.8 Å². The van der Waals surface area contributed by atoms with Crippen molar-refractivity contribution in [1.82, 2.24) is 19.5 Å². The van der Waals surface area contributed by atoms with Crippen LogP contribution in [0.4, 0.5) is 5.82 Å². The molecule has 0 saturated heterocycles. The zero-order valence-electron chi connectivity index (χ0n) is 17.8. The Morgan fingerprint density at radius 3 is 2.82 bits per heavy atom. The number of nitrogens with one attached hydrogen (secondary N) is 3. The number of nitrogens with zero attached hydrogens (tertiary/aromatic N) is 2. The molecule has 7 heteroatoms. The van der Waals surface area contributed by atoms with Gasteiger partial charge in [-0.2, -0.15) is 0 Å². The molecule has 0 spiro atoms. The molecule has 0 amide bonds. The maximum absolute atomic E-state index is 6.70. The standard InChI is InChI=1S/C26H22ClN5S/c27-20-10-4-3-9-19(20)24-25(30-21-11-5-7-16-6-1-2-8-18(16)21)31-26(33)32(24)17-12-13-22-23(14-17)29-15-28-22/h1-4,6,8-10,12-15,21,30H,5,7,11H2,(H,28,29)(H,31,33). The van der Waals surface area contributed by atoms with E-state index in [9.17, 15) is 0 Å². The van der Waals surface area contributed by atoms with E-state index in [2.05, 4.69) is 50.6 Å². The molecule has 0 radical (unpaired) electrons. The topological polar surface area (TPSA) is 61.4 Å². The van der Waals surface area contributed by atoms with Gasteiger partial charge in [0.25, 0.3) is 0 Å². The number of hydrogen-bond donors (Lipinski definition) is 3. The highest BCUT2D eigenvalue weighted by Gasteiger charge is 2.24. The summed E-state index contributed by atoms with van der Waals surface area (Å²) in [5.41, 5.74) is 7.41. The normalized spacial score (nSPS) is 15.5. The number of rotatable bonds is 4. The minimum atomic E-state index is 0.202. The third kappa shape index (κ3) is 3.56. The van der Waals surface area contributed by atoms with Gasteiger partial charge in [-0.05, 0) is 66.9 Å². The lowest BCUT2D eigenvalue weighted by molar-refractivity contribution is 0.599. The SMILES string of the molecule is S=c1[nH]c(NC2CCCc3ccccc32)c(-c2ccccc2Cl)n1-c1ccc2nc[nH]c2c1. The maximum Gasteiger partial charge on any atom is 0.183 e. The van der Waals surface area contributed by atoms with Gasteiger partial charge in [-0.3, -0.25) is 4.57 Å². The molecule has 0 saturated carbocycles. The molecule has 3 aromatic carbocycles. The van der Waals surface area contributed by atoms with E-state index >= 15 is 0 Å². The second-order valence-electron chi connectivity index (χ2n) is 8.36. The molecule has 5 nitrogen and oxygen atoms in total. The zero-order chi connectivity index (χ0) is 22.4. The Kier molecular flexibility index (Phi) is 5.04. The van der Waals surface area contributed by atoms with E-state index < -0.39 is 0 Å². The van der Waals surface area contributed by atoms with E-state index in [0.29, 0.717) is 9.79 Å². The molecular formula is C26H22ClN5S. The smallest absolute Gasteiger partial charge is 0.183 e. The van der Waals surface area contributed by atoms with Crippen LogP contribution >= 0.6 is 23.8 Å². The molecule has 1 atom stereocenters. The van der Waals surface area contributed by atoms with Gasteiger partial charge in [0.15, 0.2) is 4.77 Å². The van der Waals surface area contributed by atoms with Crippen LogP contribution in [0.15, 0.2) is 73.1 Å². The van der Waals surface area contributed by atoms with Gasteiger partial charge in [0.2, 0.25) is 0 Å². The van der Waals surface area contributed by atoms with Crippen molar-refractivity contribution >= 4 is 40.7 Å². The molecule has 6 rings (SSSR count). The minimum absolute atomic E-state index is 0.202. The van der Waals surface area contributed by atoms with Gasteiger partial charge in [-0.25, -0.2) is 4.98 Å². The average Bonchev–Trinajstić information content (AvgIpc) is 3.43. The molecule has 3 N–H and O–H groups in total. The Hall–Kier alpha value is -3.35. The van der Waals surface area contributed by atoms with E-state index in [-0.39, 0.29) is 6.04 Å². The Bertz CT molecular complexity index is 1530. The van der Waals surface area contributed by atoms with Crippen LogP contribution in [0.25, 0.3) is 28.0 Å². The summed E-state index contributed by atoms with van der Waals surface area (Å²) in [7, 11) is 0. The minimum Gasteiger partial charge on any atom is -0.363 e. The van der Waals surface area contributed by atoms with Crippen LogP contribution in [0.3, 0.4) is 0 Å². The molecule has 0 fully saturated rings. The number of imidazole rings is 2. The van der Waals surface area contributed by atoms with Gasteiger partial charge in [0.05, 0.1) is 39.8 Å². The van der Waals surface area contributed by atoms with Gasteiger partial charge in [-0.15, -0.1) is 0 Å². The highest BCUT2D eigenvalue weighted by atomic mass is 35.5. The Labute approximate surface area is 201 Å². The highest BCUT2D eigenvalue weighted by Crippen LogP contribution is 2.39. The number of H-pyrrole nitrogens is 2. The molecule has 2 aromatic heterocycles. The average molecular weight is 472 g/mol. The number of aryl methyl sites for hydroxylation is 1. The molecular weight excluding hydrogens is 450 g/mol. The summed E-state index contributed by atoms with van der Waals surface area (Å²) in [6.07, 6.45) is 5.03. The Morgan fingerprint density at radius 1 is 1.06 bits per heavy atom. The first kappa shape index (κ1) is 20.3. The first-order valence-corrected chi connectivity index (χ1v) is 11.9. The van der Waals surface area contributed by atoms with Crippen LogP contribution < -0.4 is 5.32 Å². The number of fused-ring (bicyclic) bond motifs is 2. The summed E-state index contributed by atoms with van der Waals surface area (Å²) < 4.78 is 2.66. The molecule has 0 aliphatic heterocycles.